The Kier molecular flexibility index (Phi) is 5.20. The van der Waals surface area contributed by atoms with Gasteiger partial charge >= 0.3 is 0 Å². The van der Waals surface area contributed by atoms with E-state index in [9.17, 15) is 13.6 Å². The number of benzene rings is 2. The number of carbonyl (C=O) groups is 1. The van der Waals surface area contributed by atoms with Crippen LogP contribution in [0.2, 0.25) is 0 Å². The number of imidazole rings is 1. The number of halogens is 2. The average Bonchev–Trinajstić information content (AvgIpc) is 3.33. The standard InChI is InChI=1S/C22H20F2N4O/c1-15(13-27-14-25-19-4-2-3-5-21(19)27)6-7-22(29)28-20(8-9-26-28)16-10-17(23)12-18(24)11-16/h2-5,9-12,14,20H,1,6-8,13H2. The minimum atomic E-state index is -0.666. The molecule has 0 fully saturated rings. The Hall–Kier alpha value is -3.35. The molecule has 29 heavy (non-hydrogen) atoms. The van der Waals surface area contributed by atoms with Gasteiger partial charge in [-0.15, -0.1) is 0 Å². The van der Waals surface area contributed by atoms with Crippen molar-refractivity contribution in [3.63, 3.8) is 0 Å². The molecule has 0 aliphatic carbocycles. The van der Waals surface area contributed by atoms with Crippen LogP contribution < -0.4 is 0 Å². The minimum Gasteiger partial charge on any atom is -0.326 e. The molecule has 1 aromatic heterocycles. The molecule has 0 N–H and O–H groups in total. The summed E-state index contributed by atoms with van der Waals surface area (Å²) in [6, 6.07) is 10.6. The third kappa shape index (κ3) is 4.08. The molecular formula is C22H20F2N4O. The van der Waals surface area contributed by atoms with Crippen LogP contribution in [0.3, 0.4) is 0 Å². The van der Waals surface area contributed by atoms with E-state index < -0.39 is 17.7 Å². The summed E-state index contributed by atoms with van der Waals surface area (Å²) < 4.78 is 29.1. The van der Waals surface area contributed by atoms with Crippen molar-refractivity contribution >= 4 is 23.2 Å². The van der Waals surface area contributed by atoms with Gasteiger partial charge in [0.15, 0.2) is 0 Å². The van der Waals surface area contributed by atoms with Crippen molar-refractivity contribution in [2.45, 2.75) is 31.8 Å². The molecule has 1 amide bonds. The highest BCUT2D eigenvalue weighted by Gasteiger charge is 2.28. The zero-order valence-corrected chi connectivity index (χ0v) is 15.8. The number of nitrogens with zero attached hydrogens (tertiary/aromatic N) is 4. The number of carbonyl (C=O) groups excluding carboxylic acids is 1. The fourth-order valence-corrected chi connectivity index (χ4v) is 3.55. The van der Waals surface area contributed by atoms with Crippen molar-refractivity contribution < 1.29 is 13.6 Å². The molecule has 148 valence electrons. The molecule has 2 heterocycles. The average molecular weight is 394 g/mol. The third-order valence-electron chi connectivity index (χ3n) is 4.97. The fourth-order valence-electron chi connectivity index (χ4n) is 3.55. The minimum absolute atomic E-state index is 0.204. The molecule has 0 bridgehead atoms. The Balaban J connectivity index is 1.38. The summed E-state index contributed by atoms with van der Waals surface area (Å²) >= 11 is 0. The predicted molar refractivity (Wildman–Crippen MR) is 107 cm³/mol. The van der Waals surface area contributed by atoms with E-state index in [4.69, 9.17) is 0 Å². The molecule has 2 aromatic carbocycles. The summed E-state index contributed by atoms with van der Waals surface area (Å²) in [6.07, 6.45) is 4.49. The Morgan fingerprint density at radius 2 is 1.90 bits per heavy atom. The molecule has 1 unspecified atom stereocenters. The molecule has 4 rings (SSSR count). The molecule has 5 nitrogen and oxygen atoms in total. The first-order chi connectivity index (χ1) is 14.0. The van der Waals surface area contributed by atoms with Gasteiger partial charge in [0.25, 0.3) is 0 Å². The van der Waals surface area contributed by atoms with Crippen LogP contribution >= 0.6 is 0 Å². The van der Waals surface area contributed by atoms with E-state index in [2.05, 4.69) is 16.7 Å². The monoisotopic (exact) mass is 394 g/mol. The van der Waals surface area contributed by atoms with Gasteiger partial charge in [0.2, 0.25) is 5.91 Å². The highest BCUT2D eigenvalue weighted by molar-refractivity contribution is 5.80. The summed E-state index contributed by atoms with van der Waals surface area (Å²) in [7, 11) is 0. The molecule has 7 heteroatoms. The molecule has 1 aliphatic rings. The van der Waals surface area contributed by atoms with Crippen LogP contribution in [0.4, 0.5) is 8.78 Å². The smallest absolute Gasteiger partial charge is 0.243 e. The Morgan fingerprint density at radius 3 is 2.69 bits per heavy atom. The number of allylic oxidation sites excluding steroid dienone is 1. The first-order valence-corrected chi connectivity index (χ1v) is 9.38. The number of hydrogen-bond acceptors (Lipinski definition) is 3. The van der Waals surface area contributed by atoms with E-state index in [-0.39, 0.29) is 12.3 Å². The highest BCUT2D eigenvalue weighted by Crippen LogP contribution is 2.30. The number of rotatable bonds is 6. The van der Waals surface area contributed by atoms with Crippen LogP contribution in [0.15, 0.2) is 66.0 Å². The zero-order chi connectivity index (χ0) is 20.4. The maximum absolute atomic E-state index is 13.6. The van der Waals surface area contributed by atoms with Crippen molar-refractivity contribution in [2.24, 2.45) is 5.10 Å². The lowest BCUT2D eigenvalue weighted by molar-refractivity contribution is -0.133. The van der Waals surface area contributed by atoms with Crippen molar-refractivity contribution in [1.82, 2.24) is 14.6 Å². The number of hydrazone groups is 1. The highest BCUT2D eigenvalue weighted by atomic mass is 19.1. The topological polar surface area (TPSA) is 50.5 Å². The quantitative estimate of drug-likeness (QED) is 0.573. The Morgan fingerprint density at radius 1 is 1.14 bits per heavy atom. The van der Waals surface area contributed by atoms with E-state index in [0.29, 0.717) is 24.9 Å². The maximum Gasteiger partial charge on any atom is 0.243 e. The van der Waals surface area contributed by atoms with Crippen molar-refractivity contribution in [3.8, 4) is 0 Å². The fraction of sp³-hybridized carbons (Fsp3) is 0.227. The second-order valence-corrected chi connectivity index (χ2v) is 7.10. The molecule has 3 aromatic rings. The normalized spacial score (nSPS) is 15.9. The second kappa shape index (κ2) is 7.95. The van der Waals surface area contributed by atoms with Gasteiger partial charge in [-0.05, 0) is 36.2 Å². The number of fused-ring (bicyclic) bond motifs is 1. The molecule has 0 spiro atoms. The van der Waals surface area contributed by atoms with Gasteiger partial charge in [-0.25, -0.2) is 18.8 Å². The molecule has 0 saturated carbocycles. The van der Waals surface area contributed by atoms with Gasteiger partial charge in [-0.3, -0.25) is 4.79 Å². The lowest BCUT2D eigenvalue weighted by atomic mass is 10.0. The predicted octanol–water partition coefficient (Wildman–Crippen LogP) is 4.61. The van der Waals surface area contributed by atoms with E-state index in [1.807, 2.05) is 28.8 Å². The first-order valence-electron chi connectivity index (χ1n) is 9.38. The summed E-state index contributed by atoms with van der Waals surface area (Å²) in [5.74, 6) is -1.54. The maximum atomic E-state index is 13.6. The lowest BCUT2D eigenvalue weighted by Crippen LogP contribution is -2.27. The van der Waals surface area contributed by atoms with Crippen LogP contribution in [0.1, 0.15) is 30.9 Å². The summed E-state index contributed by atoms with van der Waals surface area (Å²) in [4.78, 5) is 17.0. The zero-order valence-electron chi connectivity index (χ0n) is 15.8. The second-order valence-electron chi connectivity index (χ2n) is 7.10. The molecule has 0 saturated heterocycles. The summed E-state index contributed by atoms with van der Waals surface area (Å²) in [5.41, 5.74) is 3.21. The SMILES string of the molecule is C=C(CCC(=O)N1N=CCC1c1cc(F)cc(F)c1)Cn1cnc2ccccc21. The first kappa shape index (κ1) is 19.0. The molecule has 1 atom stereocenters. The van der Waals surface area contributed by atoms with Gasteiger partial charge in [0.1, 0.15) is 11.6 Å². The number of amides is 1. The molecular weight excluding hydrogens is 374 g/mol. The number of hydrogen-bond donors (Lipinski definition) is 0. The van der Waals surface area contributed by atoms with Crippen LogP contribution in [0.5, 0.6) is 0 Å². The van der Waals surface area contributed by atoms with Crippen LogP contribution in [-0.4, -0.2) is 26.7 Å². The summed E-state index contributed by atoms with van der Waals surface area (Å²) in [5, 5.41) is 5.43. The largest absolute Gasteiger partial charge is 0.326 e. The van der Waals surface area contributed by atoms with Gasteiger partial charge in [-0.1, -0.05) is 24.3 Å². The van der Waals surface area contributed by atoms with E-state index in [0.717, 1.165) is 22.7 Å². The third-order valence-corrected chi connectivity index (χ3v) is 4.97. The van der Waals surface area contributed by atoms with Crippen LogP contribution in [0, 0.1) is 11.6 Å². The van der Waals surface area contributed by atoms with E-state index >= 15 is 0 Å². The number of aromatic nitrogens is 2. The number of para-hydroxylation sites is 2. The van der Waals surface area contributed by atoms with Crippen molar-refractivity contribution in [2.75, 3.05) is 0 Å². The Labute approximate surface area is 167 Å². The van der Waals surface area contributed by atoms with E-state index in [1.54, 1.807) is 12.5 Å². The molecule has 0 radical (unpaired) electrons. The Bertz CT molecular complexity index is 1080. The van der Waals surface area contributed by atoms with Crippen molar-refractivity contribution in [1.29, 1.82) is 0 Å². The van der Waals surface area contributed by atoms with Gasteiger partial charge < -0.3 is 4.57 Å². The van der Waals surface area contributed by atoms with E-state index in [1.165, 1.54) is 17.1 Å². The van der Waals surface area contributed by atoms with Crippen LogP contribution in [0.25, 0.3) is 11.0 Å². The van der Waals surface area contributed by atoms with Crippen molar-refractivity contribution in [3.05, 3.63) is 78.1 Å². The lowest BCUT2D eigenvalue weighted by Gasteiger charge is -2.22. The van der Waals surface area contributed by atoms with Gasteiger partial charge in [0.05, 0.1) is 23.4 Å². The molecule has 1 aliphatic heterocycles. The van der Waals surface area contributed by atoms with Gasteiger partial charge in [0, 0.05) is 31.7 Å². The van der Waals surface area contributed by atoms with Crippen LogP contribution in [-0.2, 0) is 11.3 Å². The summed E-state index contributed by atoms with van der Waals surface area (Å²) in [6.45, 7) is 4.64. The van der Waals surface area contributed by atoms with Gasteiger partial charge in [-0.2, -0.15) is 5.10 Å².